The van der Waals surface area contributed by atoms with Gasteiger partial charge in [0, 0.05) is 31.4 Å². The first-order valence-electron chi connectivity index (χ1n) is 15.3. The van der Waals surface area contributed by atoms with Crippen molar-refractivity contribution >= 4 is 41.0 Å². The number of rotatable bonds is 11. The third-order valence-electron chi connectivity index (χ3n) is 8.26. The Labute approximate surface area is 287 Å². The smallest absolute Gasteiger partial charge is 0.412 e. The van der Waals surface area contributed by atoms with E-state index in [9.17, 15) is 29.1 Å². The van der Waals surface area contributed by atoms with E-state index in [-0.39, 0.29) is 66.1 Å². The first-order chi connectivity index (χ1) is 24.0. The Morgan fingerprint density at radius 1 is 0.920 bits per heavy atom. The Bertz CT molecular complexity index is 1890. The maximum atomic E-state index is 13.5. The molecule has 2 heterocycles. The molecule has 3 amide bonds. The Morgan fingerprint density at radius 3 is 2.24 bits per heavy atom. The zero-order valence-electron chi connectivity index (χ0n) is 27.9. The predicted octanol–water partition coefficient (Wildman–Crippen LogP) is 4.21. The van der Waals surface area contributed by atoms with Gasteiger partial charge in [-0.05, 0) is 36.2 Å². The van der Waals surface area contributed by atoms with E-state index in [4.69, 9.17) is 23.7 Å². The minimum absolute atomic E-state index is 0.0611. The number of benzene rings is 2. The lowest BCUT2D eigenvalue weighted by molar-refractivity contribution is 0.0679. The highest BCUT2D eigenvalue weighted by atomic mass is 16.6. The van der Waals surface area contributed by atoms with Crippen LogP contribution in [0.25, 0.3) is 0 Å². The number of likely N-dealkylation sites (tertiary alicyclic amines) is 1. The number of carbonyl (C=O) groups is 5. The number of hydrogen-bond donors (Lipinski definition) is 3. The summed E-state index contributed by atoms with van der Waals surface area (Å²) in [5, 5.41) is 15.0. The first kappa shape index (κ1) is 35.2. The van der Waals surface area contributed by atoms with Crippen molar-refractivity contribution in [2.75, 3.05) is 45.1 Å². The fourth-order valence-electron chi connectivity index (χ4n) is 5.67. The van der Waals surface area contributed by atoms with Crippen LogP contribution in [0.4, 0.5) is 21.0 Å². The molecule has 2 aromatic carbocycles. The van der Waals surface area contributed by atoms with Crippen LogP contribution in [0.2, 0.25) is 0 Å². The fraction of sp³-hybridized carbons (Fsp3) is 0.286. The molecule has 1 aliphatic carbocycles. The van der Waals surface area contributed by atoms with Gasteiger partial charge in [0.25, 0.3) is 5.91 Å². The SMILES string of the molecule is C=C1C[C@@H](CO)N(C(=O)c2cc(OC)c(OC)cc2NC(=O)OCc2ccc(NC(=O)OCc3cc4c(n3C)C(=O)C=C(OC)C4=O)cc2)C1. The van der Waals surface area contributed by atoms with E-state index in [0.717, 1.165) is 11.6 Å². The quantitative estimate of drug-likeness (QED) is 0.245. The van der Waals surface area contributed by atoms with Gasteiger partial charge in [-0.2, -0.15) is 0 Å². The van der Waals surface area contributed by atoms with E-state index in [1.54, 1.807) is 31.3 Å². The largest absolute Gasteiger partial charge is 0.493 e. The molecule has 0 saturated carbocycles. The molecule has 15 nitrogen and oxygen atoms in total. The molecule has 0 unspecified atom stereocenters. The minimum atomic E-state index is -0.846. The lowest BCUT2D eigenvalue weighted by Crippen LogP contribution is -2.38. The van der Waals surface area contributed by atoms with Crippen LogP contribution in [0.5, 0.6) is 11.5 Å². The second-order valence-electron chi connectivity index (χ2n) is 11.4. The third-order valence-corrected chi connectivity index (χ3v) is 8.26. The van der Waals surface area contributed by atoms with E-state index in [2.05, 4.69) is 17.2 Å². The van der Waals surface area contributed by atoms with Crippen LogP contribution in [0, 0.1) is 0 Å². The molecule has 2 aliphatic rings. The van der Waals surface area contributed by atoms with Crippen molar-refractivity contribution in [2.45, 2.75) is 25.7 Å². The van der Waals surface area contributed by atoms with E-state index < -0.39 is 35.7 Å². The van der Waals surface area contributed by atoms with Gasteiger partial charge >= 0.3 is 12.2 Å². The van der Waals surface area contributed by atoms with Gasteiger partial charge in [0.15, 0.2) is 17.3 Å². The molecule has 15 heteroatoms. The molecular weight excluding hydrogens is 652 g/mol. The summed E-state index contributed by atoms with van der Waals surface area (Å²) in [6.45, 7) is 3.61. The van der Waals surface area contributed by atoms with Gasteiger partial charge in [-0.15, -0.1) is 0 Å². The van der Waals surface area contributed by atoms with Gasteiger partial charge in [0.2, 0.25) is 11.6 Å². The topological polar surface area (TPSA) is 184 Å². The molecule has 0 radical (unpaired) electrons. The highest BCUT2D eigenvalue weighted by Crippen LogP contribution is 2.36. The van der Waals surface area contributed by atoms with Crippen molar-refractivity contribution in [1.29, 1.82) is 0 Å². The number of anilines is 2. The maximum Gasteiger partial charge on any atom is 0.412 e. The summed E-state index contributed by atoms with van der Waals surface area (Å²) in [6, 6.07) is 10.4. The number of ether oxygens (including phenoxy) is 5. The predicted molar refractivity (Wildman–Crippen MR) is 178 cm³/mol. The van der Waals surface area contributed by atoms with Crippen LogP contribution in [-0.2, 0) is 34.5 Å². The normalized spacial score (nSPS) is 15.2. The molecule has 0 bridgehead atoms. The molecule has 1 aliphatic heterocycles. The first-order valence-corrected chi connectivity index (χ1v) is 15.3. The Hall–Kier alpha value is -6.09. The highest BCUT2D eigenvalue weighted by molar-refractivity contribution is 6.23. The zero-order valence-corrected chi connectivity index (χ0v) is 27.9. The summed E-state index contributed by atoms with van der Waals surface area (Å²) < 4.78 is 27.9. The summed E-state index contributed by atoms with van der Waals surface area (Å²) in [6.07, 6.45) is -0.0282. The number of hydrogen-bond acceptors (Lipinski definition) is 11. The number of fused-ring (bicyclic) bond motifs is 1. The molecule has 0 spiro atoms. The van der Waals surface area contributed by atoms with Gasteiger partial charge in [-0.3, -0.25) is 25.0 Å². The van der Waals surface area contributed by atoms with Gasteiger partial charge < -0.3 is 38.3 Å². The summed E-state index contributed by atoms with van der Waals surface area (Å²) in [7, 11) is 5.74. The Balaban J connectivity index is 1.17. The van der Waals surface area contributed by atoms with Crippen molar-refractivity contribution < 1.29 is 52.8 Å². The van der Waals surface area contributed by atoms with Crippen LogP contribution in [0.15, 0.2) is 66.5 Å². The number of allylic oxidation sites excluding steroid dienone is 2. The van der Waals surface area contributed by atoms with Gasteiger partial charge in [-0.1, -0.05) is 24.3 Å². The molecule has 3 aromatic rings. The summed E-state index contributed by atoms with van der Waals surface area (Å²) in [5.74, 6) is -0.774. The fourth-order valence-corrected chi connectivity index (χ4v) is 5.67. The molecule has 3 N–H and O–H groups in total. The van der Waals surface area contributed by atoms with Crippen molar-refractivity contribution in [1.82, 2.24) is 9.47 Å². The van der Waals surface area contributed by atoms with E-state index in [1.165, 1.54) is 49.0 Å². The van der Waals surface area contributed by atoms with Gasteiger partial charge in [0.05, 0.1) is 56.5 Å². The number of ketones is 2. The average Bonchev–Trinajstić information content (AvgIpc) is 3.67. The zero-order chi connectivity index (χ0) is 36.1. The van der Waals surface area contributed by atoms with E-state index in [0.29, 0.717) is 23.4 Å². The number of nitrogens with one attached hydrogen (secondary N) is 2. The maximum absolute atomic E-state index is 13.5. The number of carbonyl (C=O) groups excluding carboxylic acids is 5. The number of Topliss-reactive ketones (excluding diaryl/α,β-unsaturated/α-hetero) is 1. The lowest BCUT2D eigenvalue weighted by Gasteiger charge is -2.24. The second kappa shape index (κ2) is 15.0. The van der Waals surface area contributed by atoms with Crippen molar-refractivity contribution in [2.24, 2.45) is 7.05 Å². The van der Waals surface area contributed by atoms with Crippen LogP contribution < -0.4 is 20.1 Å². The summed E-state index contributed by atoms with van der Waals surface area (Å²) >= 11 is 0. The third kappa shape index (κ3) is 7.32. The molecule has 1 fully saturated rings. The van der Waals surface area contributed by atoms with Crippen LogP contribution in [0.3, 0.4) is 0 Å². The molecule has 1 aromatic heterocycles. The standard InChI is InChI=1S/C35H36N4O11/c1-19-10-22(16-40)39(15-19)33(43)24-12-28(46-3)29(47-4)13-26(24)37-35(45)49-17-20-6-8-21(9-7-20)36-34(44)50-18-23-11-25-31(38(23)2)27(41)14-30(48-5)32(25)42/h6-9,11-14,22,40H,1,10,15-18H2,2-5H3,(H,36,44)(H,37,45)/t22-/m0/s1. The number of aromatic nitrogens is 1. The van der Waals surface area contributed by atoms with E-state index >= 15 is 0 Å². The lowest BCUT2D eigenvalue weighted by atomic mass is 10.0. The second-order valence-corrected chi connectivity index (χ2v) is 11.4. The summed E-state index contributed by atoms with van der Waals surface area (Å²) in [4.78, 5) is 65.4. The molecule has 1 saturated heterocycles. The van der Waals surface area contributed by atoms with E-state index in [1.807, 2.05) is 0 Å². The monoisotopic (exact) mass is 688 g/mol. The average molecular weight is 689 g/mol. The molecular formula is C35H36N4O11. The number of amides is 3. The number of aliphatic hydroxyl groups excluding tert-OH is 1. The van der Waals surface area contributed by atoms with Crippen LogP contribution in [0.1, 0.15) is 48.9 Å². The van der Waals surface area contributed by atoms with Gasteiger partial charge in [-0.25, -0.2) is 9.59 Å². The molecule has 50 heavy (non-hydrogen) atoms. The highest BCUT2D eigenvalue weighted by Gasteiger charge is 2.33. The van der Waals surface area contributed by atoms with Crippen molar-refractivity contribution in [3.05, 3.63) is 94.5 Å². The van der Waals surface area contributed by atoms with Crippen molar-refractivity contribution in [3.8, 4) is 11.5 Å². The molecule has 262 valence electrons. The molecule has 1 atom stereocenters. The van der Waals surface area contributed by atoms with Crippen LogP contribution in [-0.4, -0.2) is 84.8 Å². The van der Waals surface area contributed by atoms with Crippen LogP contribution >= 0.6 is 0 Å². The molecule has 5 rings (SSSR count). The number of methoxy groups -OCH3 is 3. The summed E-state index contributed by atoms with van der Waals surface area (Å²) in [5.41, 5.74) is 2.81. The van der Waals surface area contributed by atoms with Crippen molar-refractivity contribution in [3.63, 3.8) is 0 Å². The Kier molecular flexibility index (Phi) is 10.6. The number of nitrogens with zero attached hydrogens (tertiary/aromatic N) is 2. The number of aliphatic hydroxyl groups is 1. The van der Waals surface area contributed by atoms with Gasteiger partial charge in [0.1, 0.15) is 18.9 Å². The minimum Gasteiger partial charge on any atom is -0.493 e. The Morgan fingerprint density at radius 2 is 1.58 bits per heavy atom.